The lowest BCUT2D eigenvalue weighted by molar-refractivity contribution is -0.141. The Morgan fingerprint density at radius 2 is 1.91 bits per heavy atom. The van der Waals surface area contributed by atoms with Gasteiger partial charge in [0.2, 0.25) is 0 Å². The Morgan fingerprint density at radius 3 is 1.91 bits per heavy atom. The second-order valence-corrected chi connectivity index (χ2v) is 2.37. The maximum atomic E-state index is 10.3. The van der Waals surface area contributed by atoms with Gasteiger partial charge >= 0.3 is 5.97 Å². The highest BCUT2D eigenvalue weighted by atomic mass is 35.5. The van der Waals surface area contributed by atoms with Gasteiger partial charge in [0.25, 0.3) is 0 Å². The summed E-state index contributed by atoms with van der Waals surface area (Å²) in [5.74, 6) is -0.475. The number of aliphatic carboxylic acids is 1. The van der Waals surface area contributed by atoms with Crippen molar-refractivity contribution >= 4 is 43.4 Å². The fourth-order valence-electron chi connectivity index (χ4n) is 0.462. The van der Waals surface area contributed by atoms with Gasteiger partial charge in [-0.15, -0.1) is 24.8 Å². The molecular weight excluding hydrogens is 209 g/mol. The third kappa shape index (κ3) is 6.75. The lowest BCUT2D eigenvalue weighted by atomic mass is 10.3. The highest BCUT2D eigenvalue weighted by molar-refractivity contribution is 7.80. The molecule has 1 N–H and O–H groups in total. The zero-order valence-corrected chi connectivity index (χ0v) is 8.88. The van der Waals surface area contributed by atoms with Gasteiger partial charge in [0.1, 0.15) is 6.04 Å². The summed E-state index contributed by atoms with van der Waals surface area (Å²) >= 11 is 3.87. The number of carboxylic acids is 1. The molecule has 0 unspecified atom stereocenters. The molecule has 0 heterocycles. The SMILES string of the molecule is CN(C)[C@@H](CS)C(=O)O.Cl.Cl. The molecule has 0 bridgehead atoms. The first kappa shape index (κ1) is 17.4. The normalized spacial score (nSPS) is 11.3. The molecule has 1 atom stereocenters. The number of nitrogens with zero attached hydrogens (tertiary/aromatic N) is 1. The van der Waals surface area contributed by atoms with Crippen LogP contribution in [0.3, 0.4) is 0 Å². The van der Waals surface area contributed by atoms with Crippen LogP contribution in [0, 0.1) is 0 Å². The van der Waals surface area contributed by atoms with E-state index < -0.39 is 12.0 Å². The Balaban J connectivity index is -0.000000320. The first-order chi connectivity index (χ1) is 4.09. The number of carboxylic acid groups (broad SMARTS) is 1. The van der Waals surface area contributed by atoms with Gasteiger partial charge < -0.3 is 5.11 Å². The van der Waals surface area contributed by atoms with E-state index >= 15 is 0 Å². The Kier molecular flexibility index (Phi) is 13.4. The van der Waals surface area contributed by atoms with E-state index in [0.29, 0.717) is 5.75 Å². The van der Waals surface area contributed by atoms with Gasteiger partial charge in [0.15, 0.2) is 0 Å². The molecule has 0 aromatic heterocycles. The van der Waals surface area contributed by atoms with E-state index in [1.54, 1.807) is 19.0 Å². The van der Waals surface area contributed by atoms with Crippen LogP contribution in [0.5, 0.6) is 0 Å². The van der Waals surface area contributed by atoms with Crippen molar-refractivity contribution in [3.8, 4) is 0 Å². The van der Waals surface area contributed by atoms with Crippen LogP contribution in [0.2, 0.25) is 0 Å². The van der Waals surface area contributed by atoms with E-state index in [1.807, 2.05) is 0 Å². The third-order valence-corrected chi connectivity index (χ3v) is 1.43. The Bertz CT molecular complexity index is 113. The van der Waals surface area contributed by atoms with E-state index in [4.69, 9.17) is 5.11 Å². The molecular formula is C5H13Cl2NO2S. The highest BCUT2D eigenvalue weighted by Crippen LogP contribution is 1.94. The molecule has 0 aliphatic heterocycles. The van der Waals surface area contributed by atoms with Crippen molar-refractivity contribution in [2.24, 2.45) is 0 Å². The number of likely N-dealkylation sites (N-methyl/N-ethyl adjacent to an activating group) is 1. The van der Waals surface area contributed by atoms with Crippen molar-refractivity contribution in [3.05, 3.63) is 0 Å². The van der Waals surface area contributed by atoms with Crippen LogP contribution in [0.4, 0.5) is 0 Å². The summed E-state index contributed by atoms with van der Waals surface area (Å²) in [6.07, 6.45) is 0. The second kappa shape index (κ2) is 8.46. The number of rotatable bonds is 3. The van der Waals surface area contributed by atoms with Crippen molar-refractivity contribution < 1.29 is 9.90 Å². The summed E-state index contributed by atoms with van der Waals surface area (Å²) in [5, 5.41) is 8.45. The number of carbonyl (C=O) groups is 1. The van der Waals surface area contributed by atoms with Crippen molar-refractivity contribution in [1.82, 2.24) is 4.90 Å². The second-order valence-electron chi connectivity index (χ2n) is 2.00. The van der Waals surface area contributed by atoms with E-state index in [1.165, 1.54) is 0 Å². The van der Waals surface area contributed by atoms with E-state index in [9.17, 15) is 4.79 Å². The van der Waals surface area contributed by atoms with Crippen molar-refractivity contribution in [3.63, 3.8) is 0 Å². The Hall–Kier alpha value is 0.360. The van der Waals surface area contributed by atoms with Crippen LogP contribution in [0.15, 0.2) is 0 Å². The van der Waals surface area contributed by atoms with Gasteiger partial charge in [-0.2, -0.15) is 12.6 Å². The predicted molar refractivity (Wildman–Crippen MR) is 53.5 cm³/mol. The van der Waals surface area contributed by atoms with Crippen molar-refractivity contribution in [1.29, 1.82) is 0 Å². The quantitative estimate of drug-likeness (QED) is 0.693. The predicted octanol–water partition coefficient (Wildman–Crippen LogP) is 0.775. The molecule has 0 saturated heterocycles. The Morgan fingerprint density at radius 1 is 1.55 bits per heavy atom. The fraction of sp³-hybridized carbons (Fsp3) is 0.800. The molecule has 0 aromatic carbocycles. The average molecular weight is 222 g/mol. The summed E-state index contributed by atoms with van der Waals surface area (Å²) < 4.78 is 0. The largest absolute Gasteiger partial charge is 0.480 e. The van der Waals surface area contributed by atoms with E-state index in [-0.39, 0.29) is 24.8 Å². The van der Waals surface area contributed by atoms with Crippen LogP contribution in [-0.2, 0) is 4.79 Å². The molecule has 11 heavy (non-hydrogen) atoms. The smallest absolute Gasteiger partial charge is 0.321 e. The van der Waals surface area contributed by atoms with Crippen LogP contribution in [0.1, 0.15) is 0 Å². The summed E-state index contributed by atoms with van der Waals surface area (Å²) in [5.41, 5.74) is 0. The zero-order chi connectivity index (χ0) is 7.44. The summed E-state index contributed by atoms with van der Waals surface area (Å²) in [6, 6.07) is -0.465. The fourth-order valence-corrected chi connectivity index (χ4v) is 0.945. The van der Waals surface area contributed by atoms with Crippen LogP contribution in [0.25, 0.3) is 0 Å². The van der Waals surface area contributed by atoms with E-state index in [0.717, 1.165) is 0 Å². The molecule has 0 aromatic rings. The number of thiol groups is 1. The van der Waals surface area contributed by atoms with Crippen LogP contribution >= 0.6 is 37.4 Å². The minimum atomic E-state index is -0.824. The molecule has 0 aliphatic carbocycles. The third-order valence-electron chi connectivity index (χ3n) is 1.08. The number of hydrogen-bond donors (Lipinski definition) is 2. The maximum absolute atomic E-state index is 10.3. The van der Waals surface area contributed by atoms with Gasteiger partial charge in [-0.1, -0.05) is 0 Å². The molecule has 6 heteroatoms. The molecule has 0 fully saturated rings. The Labute approximate surface area is 84.4 Å². The lowest BCUT2D eigenvalue weighted by Gasteiger charge is -2.16. The molecule has 3 nitrogen and oxygen atoms in total. The number of hydrogen-bond acceptors (Lipinski definition) is 3. The van der Waals surface area contributed by atoms with Crippen molar-refractivity contribution in [2.75, 3.05) is 19.8 Å². The molecule has 0 radical (unpaired) electrons. The monoisotopic (exact) mass is 221 g/mol. The minimum absolute atomic E-state index is 0. The standard InChI is InChI=1S/C5H11NO2S.2ClH/c1-6(2)4(3-9)5(7)8;;/h4,9H,3H2,1-2H3,(H,7,8);2*1H/t4-;;/m0../s1. The highest BCUT2D eigenvalue weighted by Gasteiger charge is 2.16. The van der Waals surface area contributed by atoms with Crippen LogP contribution in [-0.4, -0.2) is 41.9 Å². The average Bonchev–Trinajstić information content (AvgIpc) is 1.64. The van der Waals surface area contributed by atoms with Gasteiger partial charge in [-0.05, 0) is 14.1 Å². The molecule has 0 amide bonds. The lowest BCUT2D eigenvalue weighted by Crippen LogP contribution is -2.37. The van der Waals surface area contributed by atoms with Gasteiger partial charge in [-0.25, -0.2) is 0 Å². The summed E-state index contributed by atoms with van der Waals surface area (Å²) in [7, 11) is 3.43. The van der Waals surface area contributed by atoms with Gasteiger partial charge in [-0.3, -0.25) is 9.69 Å². The van der Waals surface area contributed by atoms with Gasteiger partial charge in [0, 0.05) is 5.75 Å². The zero-order valence-electron chi connectivity index (χ0n) is 6.35. The maximum Gasteiger partial charge on any atom is 0.321 e. The molecule has 0 saturated carbocycles. The molecule has 70 valence electrons. The van der Waals surface area contributed by atoms with Crippen LogP contribution < -0.4 is 0 Å². The summed E-state index contributed by atoms with van der Waals surface area (Å²) in [4.78, 5) is 11.9. The molecule has 0 spiro atoms. The molecule has 0 rings (SSSR count). The topological polar surface area (TPSA) is 40.5 Å². The first-order valence-electron chi connectivity index (χ1n) is 2.59. The molecule has 0 aliphatic rings. The van der Waals surface area contributed by atoms with Gasteiger partial charge in [0.05, 0.1) is 0 Å². The van der Waals surface area contributed by atoms with E-state index in [2.05, 4.69) is 12.6 Å². The van der Waals surface area contributed by atoms with Crippen molar-refractivity contribution in [2.45, 2.75) is 6.04 Å². The first-order valence-corrected chi connectivity index (χ1v) is 3.23. The number of halogens is 2. The minimum Gasteiger partial charge on any atom is -0.480 e. The summed E-state index contributed by atoms with van der Waals surface area (Å²) in [6.45, 7) is 0.